The van der Waals surface area contributed by atoms with Crippen molar-refractivity contribution in [3.05, 3.63) is 107 Å². The van der Waals surface area contributed by atoms with Crippen LogP contribution >= 0.6 is 11.6 Å². The normalized spacial score (nSPS) is 19.6. The van der Waals surface area contributed by atoms with E-state index in [9.17, 15) is 19.1 Å². The van der Waals surface area contributed by atoms with Gasteiger partial charge in [0.25, 0.3) is 11.8 Å². The number of anilines is 1. The van der Waals surface area contributed by atoms with Gasteiger partial charge in [0.05, 0.1) is 16.7 Å². The minimum absolute atomic E-state index is 0.133. The zero-order valence-electron chi connectivity index (χ0n) is 25.4. The van der Waals surface area contributed by atoms with Crippen molar-refractivity contribution in [1.29, 1.82) is 0 Å². The molecular weight excluding hydrogens is 605 g/mol. The molecule has 1 aromatic heterocycles. The maximum atomic E-state index is 13.4. The molecule has 1 atom stereocenters. The molecule has 8 nitrogen and oxygen atoms in total. The van der Waals surface area contributed by atoms with Gasteiger partial charge in [-0.15, -0.1) is 0 Å². The van der Waals surface area contributed by atoms with Gasteiger partial charge in [-0.1, -0.05) is 48.0 Å². The summed E-state index contributed by atoms with van der Waals surface area (Å²) in [6.07, 6.45) is 5.62. The van der Waals surface area contributed by atoms with E-state index in [1.54, 1.807) is 47.5 Å². The van der Waals surface area contributed by atoms with Crippen molar-refractivity contribution < 1.29 is 19.1 Å². The van der Waals surface area contributed by atoms with Crippen molar-refractivity contribution in [3.8, 4) is 22.3 Å². The van der Waals surface area contributed by atoms with E-state index >= 15 is 0 Å². The number of carbonyl (C=O) groups excluding carboxylic acids is 2. The van der Waals surface area contributed by atoms with Gasteiger partial charge in [-0.25, -0.2) is 9.37 Å². The first kappa shape index (κ1) is 31.7. The molecule has 2 fully saturated rings. The fraction of sp³-hybridized carbons (Fsp3) is 0.306. The zero-order valence-corrected chi connectivity index (χ0v) is 26.1. The van der Waals surface area contributed by atoms with Crippen LogP contribution < -0.4 is 16.4 Å². The topological polar surface area (TPSA) is 121 Å². The quantitative estimate of drug-likeness (QED) is 0.192. The predicted octanol–water partition coefficient (Wildman–Crippen LogP) is 5.83. The van der Waals surface area contributed by atoms with Gasteiger partial charge in [0, 0.05) is 54.6 Å². The maximum Gasteiger partial charge on any atom is 0.255 e. The first-order chi connectivity index (χ1) is 22.2. The lowest BCUT2D eigenvalue weighted by atomic mass is 9.92. The number of nitrogen functional groups attached to an aromatic ring is 1. The number of aliphatic hydroxyl groups excluding tert-OH is 1. The first-order valence-electron chi connectivity index (χ1n) is 15.7. The molecule has 0 radical (unpaired) electrons. The molecule has 1 saturated heterocycles. The molecule has 2 aliphatic rings. The Hall–Kier alpha value is -4.31. The van der Waals surface area contributed by atoms with Crippen molar-refractivity contribution in [2.75, 3.05) is 18.8 Å². The Morgan fingerprint density at radius 3 is 2.46 bits per heavy atom. The minimum Gasteiger partial charge on any atom is -0.393 e. The van der Waals surface area contributed by atoms with Crippen molar-refractivity contribution in [1.82, 2.24) is 20.5 Å². The van der Waals surface area contributed by atoms with E-state index in [2.05, 4.69) is 21.7 Å². The third-order valence-electron chi connectivity index (χ3n) is 8.95. The number of hydrogen-bond donors (Lipinski definition) is 4. The van der Waals surface area contributed by atoms with Crippen LogP contribution in [0.15, 0.2) is 79.0 Å². The summed E-state index contributed by atoms with van der Waals surface area (Å²) in [4.78, 5) is 32.7. The number of hydrogen-bond acceptors (Lipinski definition) is 6. The van der Waals surface area contributed by atoms with Gasteiger partial charge in [-0.05, 0) is 85.2 Å². The number of aromatic nitrogens is 1. The maximum absolute atomic E-state index is 13.4. The predicted molar refractivity (Wildman–Crippen MR) is 178 cm³/mol. The number of rotatable bonds is 8. The smallest absolute Gasteiger partial charge is 0.255 e. The standard InChI is InChI=1S/C36H37ClFN5O3/c37-33-18-26(38)9-14-31(33)22-5-7-23(8-6-22)36(46)43-16-15-28(21-43)42-35(45)32-17-25(20-41-34(32)39)30-4-2-1-3-24(30)19-40-27-10-12-29(44)13-11-27/h1-9,14,17-18,20,27-29,40,44H,10-13,15-16,19,21H2,(H2,39,41)(H,42,45)/t27?,28-,29?/m1/s1. The number of aliphatic hydroxyl groups is 1. The molecule has 0 unspecified atom stereocenters. The first-order valence-corrected chi connectivity index (χ1v) is 16.0. The lowest BCUT2D eigenvalue weighted by Gasteiger charge is -2.26. The summed E-state index contributed by atoms with van der Waals surface area (Å²) >= 11 is 6.20. The number of amides is 2. The summed E-state index contributed by atoms with van der Waals surface area (Å²) in [5, 5.41) is 16.8. The Morgan fingerprint density at radius 2 is 1.70 bits per heavy atom. The summed E-state index contributed by atoms with van der Waals surface area (Å²) < 4.78 is 13.4. The van der Waals surface area contributed by atoms with Crippen LogP contribution in [0.1, 0.15) is 58.4 Å². The molecule has 4 aromatic rings. The molecule has 6 rings (SSSR count). The molecule has 5 N–H and O–H groups in total. The van der Waals surface area contributed by atoms with Crippen LogP contribution in [0.25, 0.3) is 22.3 Å². The summed E-state index contributed by atoms with van der Waals surface area (Å²) in [6, 6.07) is 21.2. The third kappa shape index (κ3) is 7.22. The summed E-state index contributed by atoms with van der Waals surface area (Å²) in [5.41, 5.74) is 11.3. The monoisotopic (exact) mass is 641 g/mol. The molecule has 2 amide bonds. The lowest BCUT2D eigenvalue weighted by Crippen LogP contribution is -2.38. The Balaban J connectivity index is 1.09. The number of carbonyl (C=O) groups is 2. The van der Waals surface area contributed by atoms with Crippen LogP contribution in [0.3, 0.4) is 0 Å². The number of nitrogens with two attached hydrogens (primary N) is 1. The van der Waals surface area contributed by atoms with Crippen molar-refractivity contribution in [2.24, 2.45) is 0 Å². The molecule has 0 bridgehead atoms. The van der Waals surface area contributed by atoms with E-state index in [0.717, 1.165) is 47.9 Å². The molecule has 46 heavy (non-hydrogen) atoms. The average molecular weight is 642 g/mol. The Labute approximate surface area is 272 Å². The number of pyridine rings is 1. The zero-order chi connectivity index (χ0) is 32.2. The van der Waals surface area contributed by atoms with E-state index in [0.29, 0.717) is 53.8 Å². The fourth-order valence-corrected chi connectivity index (χ4v) is 6.60. The average Bonchev–Trinajstić information content (AvgIpc) is 3.53. The van der Waals surface area contributed by atoms with Crippen LogP contribution in [0.2, 0.25) is 5.02 Å². The summed E-state index contributed by atoms with van der Waals surface area (Å²) in [7, 11) is 0. The summed E-state index contributed by atoms with van der Waals surface area (Å²) in [6.45, 7) is 1.54. The van der Waals surface area contributed by atoms with Gasteiger partial charge in [-0.2, -0.15) is 0 Å². The second-order valence-corrected chi connectivity index (χ2v) is 12.5. The van der Waals surface area contributed by atoms with Crippen molar-refractivity contribution >= 4 is 29.2 Å². The second kappa shape index (κ2) is 14.0. The highest BCUT2D eigenvalue weighted by Crippen LogP contribution is 2.30. The van der Waals surface area contributed by atoms with Crippen LogP contribution in [-0.4, -0.2) is 58.1 Å². The highest BCUT2D eigenvalue weighted by molar-refractivity contribution is 6.33. The Kier molecular flexibility index (Phi) is 9.63. The molecule has 1 saturated carbocycles. The van der Waals surface area contributed by atoms with Crippen LogP contribution in [0.5, 0.6) is 0 Å². The number of halogens is 2. The summed E-state index contributed by atoms with van der Waals surface area (Å²) in [5.74, 6) is -0.728. The molecule has 10 heteroatoms. The molecule has 3 aromatic carbocycles. The lowest BCUT2D eigenvalue weighted by molar-refractivity contribution is 0.0783. The molecular formula is C36H37ClFN5O3. The van der Waals surface area contributed by atoms with E-state index in [4.69, 9.17) is 17.3 Å². The molecule has 1 aliphatic heterocycles. The number of nitrogens with zero attached hydrogens (tertiary/aromatic N) is 2. The van der Waals surface area contributed by atoms with Gasteiger partial charge in [-0.3, -0.25) is 9.59 Å². The minimum atomic E-state index is -0.408. The Morgan fingerprint density at radius 1 is 0.935 bits per heavy atom. The van der Waals surface area contributed by atoms with Gasteiger partial charge < -0.3 is 26.4 Å². The Bertz CT molecular complexity index is 1730. The SMILES string of the molecule is Nc1ncc(-c2ccccc2CNC2CCC(O)CC2)cc1C(=O)N[C@@H]1CCN(C(=O)c2ccc(-c3ccc(F)cc3Cl)cc2)C1. The molecule has 238 valence electrons. The molecule has 0 spiro atoms. The fourth-order valence-electron chi connectivity index (χ4n) is 6.32. The van der Waals surface area contributed by atoms with E-state index in [1.807, 2.05) is 18.2 Å². The van der Waals surface area contributed by atoms with Gasteiger partial charge >= 0.3 is 0 Å². The van der Waals surface area contributed by atoms with Crippen molar-refractivity contribution in [3.63, 3.8) is 0 Å². The van der Waals surface area contributed by atoms with Crippen LogP contribution in [0.4, 0.5) is 10.2 Å². The second-order valence-electron chi connectivity index (χ2n) is 12.1. The van der Waals surface area contributed by atoms with Gasteiger partial charge in [0.15, 0.2) is 0 Å². The van der Waals surface area contributed by atoms with Crippen LogP contribution in [0, 0.1) is 5.82 Å². The highest BCUT2D eigenvalue weighted by Gasteiger charge is 2.29. The van der Waals surface area contributed by atoms with E-state index in [1.165, 1.54) is 12.1 Å². The van der Waals surface area contributed by atoms with Gasteiger partial charge in [0.2, 0.25) is 0 Å². The number of benzene rings is 3. The van der Waals surface area contributed by atoms with Crippen LogP contribution in [-0.2, 0) is 6.54 Å². The van der Waals surface area contributed by atoms with Gasteiger partial charge in [0.1, 0.15) is 11.6 Å². The number of nitrogens with one attached hydrogen (secondary N) is 2. The molecule has 1 aliphatic carbocycles. The van der Waals surface area contributed by atoms with Crippen molar-refractivity contribution in [2.45, 2.75) is 56.8 Å². The third-order valence-corrected chi connectivity index (χ3v) is 9.27. The number of likely N-dealkylation sites (tertiary alicyclic amines) is 1. The largest absolute Gasteiger partial charge is 0.393 e. The molecule has 2 heterocycles. The van der Waals surface area contributed by atoms with E-state index in [-0.39, 0.29) is 29.8 Å². The van der Waals surface area contributed by atoms with E-state index < -0.39 is 5.82 Å². The highest BCUT2D eigenvalue weighted by atomic mass is 35.5.